The van der Waals surface area contributed by atoms with Crippen LogP contribution in [0, 0.1) is 28.6 Å². The van der Waals surface area contributed by atoms with Crippen molar-refractivity contribution < 1.29 is 5.11 Å². The average Bonchev–Trinajstić information content (AvgIpc) is 2.67. The summed E-state index contributed by atoms with van der Waals surface area (Å²) in [6.07, 6.45) is 0.889. The summed E-state index contributed by atoms with van der Waals surface area (Å²) < 4.78 is 0. The molecule has 1 aliphatic rings. The lowest BCUT2D eigenvalue weighted by Crippen LogP contribution is -2.41. The van der Waals surface area contributed by atoms with Crippen LogP contribution < -0.4 is 4.90 Å². The van der Waals surface area contributed by atoms with Gasteiger partial charge in [-0.2, -0.15) is 10.5 Å². The molecular formula is C20H19N3O. The van der Waals surface area contributed by atoms with Crippen LogP contribution in [-0.4, -0.2) is 24.8 Å². The van der Waals surface area contributed by atoms with E-state index in [4.69, 9.17) is 0 Å². The molecule has 4 nitrogen and oxygen atoms in total. The zero-order valence-electron chi connectivity index (χ0n) is 13.4. The van der Waals surface area contributed by atoms with Crippen molar-refractivity contribution in [3.05, 3.63) is 65.2 Å². The zero-order valence-corrected chi connectivity index (χ0v) is 13.4. The molecule has 120 valence electrons. The van der Waals surface area contributed by atoms with Gasteiger partial charge in [0, 0.05) is 25.6 Å². The summed E-state index contributed by atoms with van der Waals surface area (Å²) in [4.78, 5) is 2.08. The summed E-state index contributed by atoms with van der Waals surface area (Å²) in [6.45, 7) is 1.50. The minimum absolute atomic E-state index is 0.0828. The Morgan fingerprint density at radius 3 is 2.25 bits per heavy atom. The maximum atomic E-state index is 9.88. The highest BCUT2D eigenvalue weighted by atomic mass is 16.3. The van der Waals surface area contributed by atoms with Crippen LogP contribution in [0.4, 0.5) is 5.69 Å². The largest absolute Gasteiger partial charge is 0.396 e. The molecule has 0 aliphatic carbocycles. The van der Waals surface area contributed by atoms with Gasteiger partial charge in [-0.05, 0) is 30.0 Å². The molecule has 4 heteroatoms. The first-order valence-electron chi connectivity index (χ1n) is 8.12. The number of aliphatic hydroxyl groups excluding tert-OH is 1. The fraction of sp³-hybridized carbons (Fsp3) is 0.300. The predicted molar refractivity (Wildman–Crippen MR) is 92.5 cm³/mol. The fourth-order valence-electron chi connectivity index (χ4n) is 3.62. The average molecular weight is 317 g/mol. The summed E-state index contributed by atoms with van der Waals surface area (Å²) in [5, 5.41) is 28.7. The number of aliphatic hydroxyl groups is 1. The standard InChI is InChI=1S/C20H19N3O/c21-11-16-7-4-8-17(12-22)20(16)23-10-9-19(18(13-23)14-24)15-5-2-1-3-6-15/h1-8,18-19,24H,9-10,13-14H2/t18-,19+/m1/s1. The molecule has 0 amide bonds. The third-order valence-electron chi connectivity index (χ3n) is 4.79. The van der Waals surface area contributed by atoms with Crippen molar-refractivity contribution in [1.82, 2.24) is 0 Å². The third-order valence-corrected chi connectivity index (χ3v) is 4.79. The van der Waals surface area contributed by atoms with Gasteiger partial charge in [-0.15, -0.1) is 0 Å². The van der Waals surface area contributed by atoms with Crippen LogP contribution in [-0.2, 0) is 0 Å². The molecule has 2 aromatic rings. The number of nitrogens with zero attached hydrogens (tertiary/aromatic N) is 3. The molecule has 1 N–H and O–H groups in total. The minimum atomic E-state index is 0.0828. The molecule has 2 atom stereocenters. The van der Waals surface area contributed by atoms with Crippen molar-refractivity contribution in [2.75, 3.05) is 24.6 Å². The van der Waals surface area contributed by atoms with Gasteiger partial charge in [0.1, 0.15) is 12.1 Å². The fourth-order valence-corrected chi connectivity index (χ4v) is 3.62. The van der Waals surface area contributed by atoms with Gasteiger partial charge in [0.2, 0.25) is 0 Å². The smallest absolute Gasteiger partial charge is 0.101 e. The number of piperidine rings is 1. The Hall–Kier alpha value is -2.82. The third kappa shape index (κ3) is 2.97. The van der Waals surface area contributed by atoms with Crippen molar-refractivity contribution in [2.24, 2.45) is 5.92 Å². The zero-order chi connectivity index (χ0) is 16.9. The lowest BCUT2D eigenvalue weighted by molar-refractivity contribution is 0.189. The predicted octanol–water partition coefficient (Wildman–Crippen LogP) is 3.03. The SMILES string of the molecule is N#Cc1cccc(C#N)c1N1CC[C@@H](c2ccccc2)[C@@H](CO)C1. The van der Waals surface area contributed by atoms with E-state index in [1.165, 1.54) is 5.56 Å². The van der Waals surface area contributed by atoms with Crippen LogP contribution in [0.3, 0.4) is 0 Å². The van der Waals surface area contributed by atoms with E-state index in [1.807, 2.05) is 18.2 Å². The van der Waals surface area contributed by atoms with E-state index < -0.39 is 0 Å². The minimum Gasteiger partial charge on any atom is -0.396 e. The quantitative estimate of drug-likeness (QED) is 0.944. The number of rotatable bonds is 3. The Labute approximate surface area is 142 Å². The Balaban J connectivity index is 1.90. The highest BCUT2D eigenvalue weighted by Gasteiger charge is 2.31. The van der Waals surface area contributed by atoms with Crippen LogP contribution in [0.25, 0.3) is 0 Å². The van der Waals surface area contributed by atoms with Crippen molar-refractivity contribution in [2.45, 2.75) is 12.3 Å². The van der Waals surface area contributed by atoms with Gasteiger partial charge in [0.05, 0.1) is 16.8 Å². The molecule has 0 spiro atoms. The second-order valence-electron chi connectivity index (χ2n) is 6.12. The number of para-hydroxylation sites is 1. The molecule has 0 unspecified atom stereocenters. The molecule has 1 aliphatic heterocycles. The Morgan fingerprint density at radius 1 is 1.00 bits per heavy atom. The molecule has 0 radical (unpaired) electrons. The first-order chi connectivity index (χ1) is 11.8. The summed E-state index contributed by atoms with van der Waals surface area (Å²) in [6, 6.07) is 19.8. The van der Waals surface area contributed by atoms with Crippen molar-refractivity contribution in [1.29, 1.82) is 10.5 Å². The lowest BCUT2D eigenvalue weighted by atomic mass is 9.80. The van der Waals surface area contributed by atoms with Gasteiger partial charge in [0.25, 0.3) is 0 Å². The molecule has 0 saturated carbocycles. The molecule has 3 rings (SSSR count). The molecule has 1 fully saturated rings. The van der Waals surface area contributed by atoms with Gasteiger partial charge in [-0.3, -0.25) is 0 Å². The highest BCUT2D eigenvalue weighted by molar-refractivity contribution is 5.68. The number of hydrogen-bond donors (Lipinski definition) is 1. The summed E-state index contributed by atoms with van der Waals surface area (Å²) in [7, 11) is 0. The van der Waals surface area contributed by atoms with Crippen LogP contribution in [0.5, 0.6) is 0 Å². The summed E-state index contributed by atoms with van der Waals surface area (Å²) in [5.74, 6) is 0.381. The van der Waals surface area contributed by atoms with E-state index >= 15 is 0 Å². The molecule has 0 bridgehead atoms. The number of benzene rings is 2. The second-order valence-corrected chi connectivity index (χ2v) is 6.12. The Kier molecular flexibility index (Phi) is 4.79. The van der Waals surface area contributed by atoms with E-state index in [0.717, 1.165) is 13.0 Å². The molecule has 1 heterocycles. The normalized spacial score (nSPS) is 20.2. The monoisotopic (exact) mass is 317 g/mol. The van der Waals surface area contributed by atoms with E-state index in [2.05, 4.69) is 29.2 Å². The lowest BCUT2D eigenvalue weighted by Gasteiger charge is -2.40. The van der Waals surface area contributed by atoms with Crippen LogP contribution in [0.2, 0.25) is 0 Å². The first-order valence-corrected chi connectivity index (χ1v) is 8.12. The molecule has 1 saturated heterocycles. The van der Waals surface area contributed by atoms with Gasteiger partial charge < -0.3 is 10.0 Å². The van der Waals surface area contributed by atoms with Crippen molar-refractivity contribution >= 4 is 5.69 Å². The number of anilines is 1. The topological polar surface area (TPSA) is 71.0 Å². The van der Waals surface area contributed by atoms with E-state index in [0.29, 0.717) is 29.3 Å². The maximum absolute atomic E-state index is 9.88. The summed E-state index contributed by atoms with van der Waals surface area (Å²) in [5.41, 5.74) is 2.98. The molecule has 24 heavy (non-hydrogen) atoms. The molecule has 2 aromatic carbocycles. The maximum Gasteiger partial charge on any atom is 0.101 e. The van der Waals surface area contributed by atoms with E-state index in [9.17, 15) is 15.6 Å². The highest BCUT2D eigenvalue weighted by Crippen LogP contribution is 2.36. The van der Waals surface area contributed by atoms with Crippen molar-refractivity contribution in [3.8, 4) is 12.1 Å². The number of hydrogen-bond acceptors (Lipinski definition) is 4. The first kappa shape index (κ1) is 16.1. The Morgan fingerprint density at radius 2 is 1.67 bits per heavy atom. The molecular weight excluding hydrogens is 298 g/mol. The van der Waals surface area contributed by atoms with Gasteiger partial charge in [-0.25, -0.2) is 0 Å². The van der Waals surface area contributed by atoms with Crippen LogP contribution in [0.15, 0.2) is 48.5 Å². The van der Waals surface area contributed by atoms with E-state index in [-0.39, 0.29) is 12.5 Å². The van der Waals surface area contributed by atoms with Gasteiger partial charge >= 0.3 is 0 Å². The van der Waals surface area contributed by atoms with Gasteiger partial charge in [0.15, 0.2) is 0 Å². The molecule has 0 aromatic heterocycles. The van der Waals surface area contributed by atoms with Crippen LogP contribution >= 0.6 is 0 Å². The second kappa shape index (κ2) is 7.17. The van der Waals surface area contributed by atoms with Crippen LogP contribution in [0.1, 0.15) is 29.0 Å². The van der Waals surface area contributed by atoms with E-state index in [1.54, 1.807) is 18.2 Å². The van der Waals surface area contributed by atoms with Gasteiger partial charge in [-0.1, -0.05) is 36.4 Å². The summed E-state index contributed by atoms with van der Waals surface area (Å²) >= 11 is 0. The number of nitriles is 2. The van der Waals surface area contributed by atoms with Crippen molar-refractivity contribution in [3.63, 3.8) is 0 Å². The Bertz CT molecular complexity index is 757.